The first-order valence-electron chi connectivity index (χ1n) is 13.3. The van der Waals surface area contributed by atoms with E-state index in [1.54, 1.807) is 6.08 Å². The number of aliphatic imine (C=N–C) groups is 1. The summed E-state index contributed by atoms with van der Waals surface area (Å²) in [5.41, 5.74) is 2.82. The van der Waals surface area contributed by atoms with E-state index in [0.717, 1.165) is 42.0 Å². The summed E-state index contributed by atoms with van der Waals surface area (Å²) < 4.78 is 11.1. The molecule has 0 N–H and O–H groups in total. The molecule has 0 aliphatic carbocycles. The van der Waals surface area contributed by atoms with Gasteiger partial charge in [-0.25, -0.2) is 4.79 Å². The summed E-state index contributed by atoms with van der Waals surface area (Å²) in [4.78, 5) is 16.3. The second-order valence-electron chi connectivity index (χ2n) is 9.22. The lowest BCUT2D eigenvalue weighted by molar-refractivity contribution is -0.138. The maximum atomic E-state index is 11.8. The van der Waals surface area contributed by atoms with Gasteiger partial charge in [-0.3, -0.25) is 4.99 Å². The van der Waals surface area contributed by atoms with Crippen molar-refractivity contribution in [3.63, 3.8) is 0 Å². The average Bonchev–Trinajstić information content (AvgIpc) is 2.89. The van der Waals surface area contributed by atoms with E-state index < -0.39 is 0 Å². The molecule has 0 aliphatic heterocycles. The van der Waals surface area contributed by atoms with Crippen LogP contribution < -0.4 is 4.74 Å². The molecule has 0 radical (unpaired) electrons. The molecular weight excluding hydrogens is 434 g/mol. The van der Waals surface area contributed by atoms with Gasteiger partial charge in [-0.2, -0.15) is 0 Å². The maximum Gasteiger partial charge on any atom is 0.330 e. The third-order valence-corrected chi connectivity index (χ3v) is 6.02. The van der Waals surface area contributed by atoms with Crippen LogP contribution in [0.2, 0.25) is 0 Å². The predicted molar refractivity (Wildman–Crippen MR) is 148 cm³/mol. The van der Waals surface area contributed by atoms with Crippen molar-refractivity contribution < 1.29 is 14.3 Å². The molecule has 0 aromatic heterocycles. The van der Waals surface area contributed by atoms with Crippen molar-refractivity contribution >= 4 is 23.9 Å². The van der Waals surface area contributed by atoms with E-state index in [1.807, 2.05) is 54.7 Å². The van der Waals surface area contributed by atoms with Crippen LogP contribution in [0.15, 0.2) is 59.6 Å². The number of unbranched alkanes of at least 4 members (excludes halogenated alkanes) is 7. The molecule has 0 aliphatic rings. The van der Waals surface area contributed by atoms with Crippen molar-refractivity contribution in [1.82, 2.24) is 0 Å². The van der Waals surface area contributed by atoms with Crippen LogP contribution in [0.5, 0.6) is 5.75 Å². The zero-order valence-corrected chi connectivity index (χ0v) is 21.9. The van der Waals surface area contributed by atoms with Crippen LogP contribution >= 0.6 is 0 Å². The molecule has 2 rings (SSSR count). The zero-order chi connectivity index (χ0) is 25.1. The van der Waals surface area contributed by atoms with Gasteiger partial charge >= 0.3 is 5.97 Å². The standard InChI is InChI=1S/C31H43NO3/c1-4-6-7-8-9-10-11-12-23-34-30-20-15-28(16-21-30)24-32-29-18-13-27(14-19-29)17-22-31(33)35-25-26(3)5-2/h13-22,24,26H,4-12,23,25H2,1-3H3/b22-17+,32-24+/t26-/m0/s1. The van der Waals surface area contributed by atoms with E-state index in [9.17, 15) is 4.79 Å². The summed E-state index contributed by atoms with van der Waals surface area (Å²) in [5.74, 6) is 0.981. The fourth-order valence-electron chi connectivity index (χ4n) is 3.45. The molecule has 4 nitrogen and oxygen atoms in total. The van der Waals surface area contributed by atoms with Crippen molar-refractivity contribution in [2.24, 2.45) is 10.9 Å². The lowest BCUT2D eigenvalue weighted by Gasteiger charge is -2.07. The first-order chi connectivity index (χ1) is 17.1. The molecule has 1 atom stereocenters. The highest BCUT2D eigenvalue weighted by molar-refractivity contribution is 5.87. The van der Waals surface area contributed by atoms with Crippen LogP contribution in [-0.4, -0.2) is 25.4 Å². The largest absolute Gasteiger partial charge is 0.494 e. The molecule has 0 spiro atoms. The summed E-state index contributed by atoms with van der Waals surface area (Å²) in [7, 11) is 0. The summed E-state index contributed by atoms with van der Waals surface area (Å²) in [6.45, 7) is 7.64. The van der Waals surface area contributed by atoms with Gasteiger partial charge in [-0.1, -0.05) is 84.3 Å². The fourth-order valence-corrected chi connectivity index (χ4v) is 3.45. The lowest BCUT2D eigenvalue weighted by Crippen LogP contribution is -2.08. The average molecular weight is 478 g/mol. The number of nitrogens with zero attached hydrogens (tertiary/aromatic N) is 1. The quantitative estimate of drug-likeness (QED) is 0.0992. The monoisotopic (exact) mass is 477 g/mol. The summed E-state index contributed by atoms with van der Waals surface area (Å²) in [6, 6.07) is 15.8. The summed E-state index contributed by atoms with van der Waals surface area (Å²) in [6.07, 6.45) is 16.5. The number of hydrogen-bond donors (Lipinski definition) is 0. The van der Waals surface area contributed by atoms with E-state index in [4.69, 9.17) is 9.47 Å². The second-order valence-corrected chi connectivity index (χ2v) is 9.22. The molecule has 0 heterocycles. The van der Waals surface area contributed by atoms with Crippen LogP contribution in [0, 0.1) is 5.92 Å². The topological polar surface area (TPSA) is 47.9 Å². The minimum Gasteiger partial charge on any atom is -0.494 e. The number of ether oxygens (including phenoxy) is 2. The Bertz CT molecular complexity index is 884. The highest BCUT2D eigenvalue weighted by Crippen LogP contribution is 2.16. The zero-order valence-electron chi connectivity index (χ0n) is 21.9. The molecule has 0 saturated heterocycles. The Kier molecular flexibility index (Phi) is 14.2. The molecule has 0 fully saturated rings. The number of carbonyl (C=O) groups is 1. The molecule has 0 bridgehead atoms. The van der Waals surface area contributed by atoms with Gasteiger partial charge in [0.1, 0.15) is 5.75 Å². The van der Waals surface area contributed by atoms with Gasteiger partial charge in [0.15, 0.2) is 0 Å². The van der Waals surface area contributed by atoms with E-state index in [-0.39, 0.29) is 5.97 Å². The fraction of sp³-hybridized carbons (Fsp3) is 0.484. The first-order valence-corrected chi connectivity index (χ1v) is 13.3. The first kappa shape index (κ1) is 28.4. The minimum absolute atomic E-state index is 0.308. The van der Waals surface area contributed by atoms with Crippen molar-refractivity contribution in [2.45, 2.75) is 78.6 Å². The van der Waals surface area contributed by atoms with Gasteiger partial charge in [-0.15, -0.1) is 0 Å². The van der Waals surface area contributed by atoms with Gasteiger partial charge < -0.3 is 9.47 Å². The predicted octanol–water partition coefficient (Wildman–Crippen LogP) is 8.56. The highest BCUT2D eigenvalue weighted by Gasteiger charge is 2.02. The molecule has 4 heteroatoms. The third-order valence-electron chi connectivity index (χ3n) is 6.02. The summed E-state index contributed by atoms with van der Waals surface area (Å²) in [5, 5.41) is 0. The smallest absolute Gasteiger partial charge is 0.330 e. The van der Waals surface area contributed by atoms with Crippen LogP contribution in [0.3, 0.4) is 0 Å². The Morgan fingerprint density at radius 3 is 2.14 bits per heavy atom. The molecule has 0 saturated carbocycles. The van der Waals surface area contributed by atoms with Gasteiger partial charge in [0.2, 0.25) is 0 Å². The Morgan fingerprint density at radius 2 is 1.49 bits per heavy atom. The van der Waals surface area contributed by atoms with Gasteiger partial charge in [0, 0.05) is 12.3 Å². The highest BCUT2D eigenvalue weighted by atomic mass is 16.5. The molecule has 2 aromatic rings. The van der Waals surface area contributed by atoms with E-state index >= 15 is 0 Å². The second kappa shape index (κ2) is 17.5. The van der Waals surface area contributed by atoms with Gasteiger partial charge in [0.05, 0.1) is 18.9 Å². The number of carbonyl (C=O) groups excluding carboxylic acids is 1. The summed E-state index contributed by atoms with van der Waals surface area (Å²) >= 11 is 0. The van der Waals surface area contributed by atoms with Gasteiger partial charge in [-0.05, 0) is 65.9 Å². The third kappa shape index (κ3) is 13.0. The van der Waals surface area contributed by atoms with E-state index in [1.165, 1.54) is 51.0 Å². The molecule has 0 amide bonds. The van der Waals surface area contributed by atoms with Gasteiger partial charge in [0.25, 0.3) is 0 Å². The normalized spacial score (nSPS) is 12.3. The number of rotatable bonds is 17. The van der Waals surface area contributed by atoms with Crippen molar-refractivity contribution in [3.05, 3.63) is 65.7 Å². The van der Waals surface area contributed by atoms with Crippen LogP contribution in [-0.2, 0) is 9.53 Å². The number of hydrogen-bond acceptors (Lipinski definition) is 4. The van der Waals surface area contributed by atoms with E-state index in [2.05, 4.69) is 25.8 Å². The number of esters is 1. The Morgan fingerprint density at radius 1 is 0.857 bits per heavy atom. The Labute approximate surface area is 212 Å². The SMILES string of the molecule is CCCCCCCCCCOc1ccc(/C=N/c2ccc(/C=C/C(=O)OC[C@@H](C)CC)cc2)cc1. The lowest BCUT2D eigenvalue weighted by atomic mass is 10.1. The number of benzene rings is 2. The van der Waals surface area contributed by atoms with Crippen molar-refractivity contribution in [1.29, 1.82) is 0 Å². The van der Waals surface area contributed by atoms with Crippen LogP contribution in [0.4, 0.5) is 5.69 Å². The van der Waals surface area contributed by atoms with Crippen LogP contribution in [0.25, 0.3) is 6.08 Å². The Hall–Kier alpha value is -2.88. The molecule has 190 valence electrons. The van der Waals surface area contributed by atoms with Crippen molar-refractivity contribution in [2.75, 3.05) is 13.2 Å². The molecule has 0 unspecified atom stereocenters. The maximum absolute atomic E-state index is 11.8. The molecular formula is C31H43NO3. The van der Waals surface area contributed by atoms with E-state index in [0.29, 0.717) is 12.5 Å². The Balaban J connectivity index is 1.69. The van der Waals surface area contributed by atoms with Crippen LogP contribution in [0.1, 0.15) is 89.7 Å². The molecule has 35 heavy (non-hydrogen) atoms. The molecule has 2 aromatic carbocycles. The minimum atomic E-state index is -0.308. The van der Waals surface area contributed by atoms with Crippen molar-refractivity contribution in [3.8, 4) is 5.75 Å².